The Bertz CT molecular complexity index is 577. The Balaban J connectivity index is 1.99. The fraction of sp³-hybridized carbons (Fsp3) is 0.312. The summed E-state index contributed by atoms with van der Waals surface area (Å²) >= 11 is 1.83. The molecule has 1 aromatic carbocycles. The van der Waals surface area contributed by atoms with Crippen molar-refractivity contribution < 1.29 is 4.79 Å². The van der Waals surface area contributed by atoms with Crippen LogP contribution in [-0.2, 0) is 13.0 Å². The summed E-state index contributed by atoms with van der Waals surface area (Å²) in [5.74, 6) is -0.0273. The first-order valence-electron chi connectivity index (χ1n) is 6.92. The number of aryl methyl sites for hydroxylation is 1. The van der Waals surface area contributed by atoms with Crippen LogP contribution in [0.25, 0.3) is 0 Å². The summed E-state index contributed by atoms with van der Waals surface area (Å²) in [4.78, 5) is 14.5. The summed E-state index contributed by atoms with van der Waals surface area (Å²) < 4.78 is 0. The first-order chi connectivity index (χ1) is 9.72. The second-order valence-corrected chi connectivity index (χ2v) is 5.77. The van der Waals surface area contributed by atoms with Crippen LogP contribution in [0.2, 0.25) is 0 Å². The van der Waals surface area contributed by atoms with E-state index in [9.17, 15) is 4.79 Å². The molecule has 0 radical (unpaired) electrons. The number of benzene rings is 1. The molecule has 0 saturated heterocycles. The molecule has 20 heavy (non-hydrogen) atoms. The van der Waals surface area contributed by atoms with Crippen LogP contribution in [0.1, 0.15) is 34.0 Å². The lowest BCUT2D eigenvalue weighted by Crippen LogP contribution is -2.22. The Kier molecular flexibility index (Phi) is 5.18. The molecule has 0 aliphatic carbocycles. The van der Waals surface area contributed by atoms with Gasteiger partial charge in [-0.1, -0.05) is 13.0 Å². The maximum absolute atomic E-state index is 11.8. The van der Waals surface area contributed by atoms with Gasteiger partial charge >= 0.3 is 0 Å². The maximum atomic E-state index is 11.8. The van der Waals surface area contributed by atoms with Crippen molar-refractivity contribution in [1.82, 2.24) is 5.32 Å². The molecule has 0 aliphatic heterocycles. The number of carbonyl (C=O) groups is 1. The van der Waals surface area contributed by atoms with Gasteiger partial charge in [0.05, 0.1) is 0 Å². The van der Waals surface area contributed by atoms with Gasteiger partial charge < -0.3 is 10.6 Å². The van der Waals surface area contributed by atoms with E-state index in [0.717, 1.165) is 18.7 Å². The number of thiophene rings is 1. The van der Waals surface area contributed by atoms with E-state index in [1.165, 1.54) is 9.75 Å². The van der Waals surface area contributed by atoms with Gasteiger partial charge in [-0.2, -0.15) is 0 Å². The summed E-state index contributed by atoms with van der Waals surface area (Å²) in [7, 11) is 0. The number of rotatable bonds is 6. The molecule has 1 amide bonds. The monoisotopic (exact) mass is 288 g/mol. The Labute approximate surface area is 124 Å². The van der Waals surface area contributed by atoms with Gasteiger partial charge in [0.25, 0.3) is 5.91 Å². The van der Waals surface area contributed by atoms with Gasteiger partial charge in [-0.3, -0.25) is 4.79 Å². The zero-order chi connectivity index (χ0) is 14.4. The minimum absolute atomic E-state index is 0.0273. The van der Waals surface area contributed by atoms with Gasteiger partial charge in [0.1, 0.15) is 0 Å². The molecule has 2 N–H and O–H groups in total. The van der Waals surface area contributed by atoms with Crippen molar-refractivity contribution in [1.29, 1.82) is 0 Å². The van der Waals surface area contributed by atoms with Gasteiger partial charge in [-0.15, -0.1) is 11.3 Å². The molecule has 3 nitrogen and oxygen atoms in total. The molecule has 4 heteroatoms. The Morgan fingerprint density at radius 2 is 1.95 bits per heavy atom. The van der Waals surface area contributed by atoms with E-state index in [4.69, 9.17) is 0 Å². The van der Waals surface area contributed by atoms with Crippen molar-refractivity contribution >= 4 is 22.9 Å². The number of carbonyl (C=O) groups excluding carboxylic acids is 1. The Morgan fingerprint density at radius 3 is 2.65 bits per heavy atom. The van der Waals surface area contributed by atoms with Gasteiger partial charge in [-0.05, 0) is 43.7 Å². The highest BCUT2D eigenvalue weighted by Crippen LogP contribution is 2.19. The number of nitrogens with one attached hydrogen (secondary N) is 2. The average Bonchev–Trinajstić information content (AvgIpc) is 2.94. The number of amides is 1. The highest BCUT2D eigenvalue weighted by atomic mass is 32.1. The molecule has 0 bridgehead atoms. The third kappa shape index (κ3) is 3.84. The molecule has 1 heterocycles. The molecule has 0 fully saturated rings. The van der Waals surface area contributed by atoms with Crippen LogP contribution < -0.4 is 10.6 Å². The van der Waals surface area contributed by atoms with Gasteiger partial charge in [0, 0.05) is 34.1 Å². The second-order valence-electron chi connectivity index (χ2n) is 4.52. The summed E-state index contributed by atoms with van der Waals surface area (Å²) in [6, 6.07) is 11.9. The molecular weight excluding hydrogens is 268 g/mol. The van der Waals surface area contributed by atoms with Crippen molar-refractivity contribution in [2.75, 3.05) is 11.9 Å². The predicted octanol–water partition coefficient (Wildman–Crippen LogP) is 3.67. The molecule has 0 saturated carbocycles. The van der Waals surface area contributed by atoms with E-state index < -0.39 is 0 Å². The summed E-state index contributed by atoms with van der Waals surface area (Å²) in [5, 5.41) is 6.18. The van der Waals surface area contributed by atoms with E-state index in [1.54, 1.807) is 0 Å². The van der Waals surface area contributed by atoms with Crippen LogP contribution in [0.3, 0.4) is 0 Å². The highest BCUT2D eigenvalue weighted by molar-refractivity contribution is 7.12. The molecular formula is C16H20N2OS. The van der Waals surface area contributed by atoms with E-state index in [-0.39, 0.29) is 5.91 Å². The van der Waals surface area contributed by atoms with E-state index in [2.05, 4.69) is 29.7 Å². The standard InChI is InChI=1S/C16H20N2OS/c1-3-14-8-9-15(20-14)11-18-13-7-5-6-12(10-13)16(19)17-4-2/h5-10,18H,3-4,11H2,1-2H3,(H,17,19). The Morgan fingerprint density at radius 1 is 1.15 bits per heavy atom. The number of anilines is 1. The van der Waals surface area contributed by atoms with Crippen LogP contribution in [0.4, 0.5) is 5.69 Å². The SMILES string of the molecule is CCNC(=O)c1cccc(NCc2ccc(CC)s2)c1. The zero-order valence-electron chi connectivity index (χ0n) is 11.9. The van der Waals surface area contributed by atoms with Crippen molar-refractivity contribution in [3.8, 4) is 0 Å². The van der Waals surface area contributed by atoms with Crippen LogP contribution >= 0.6 is 11.3 Å². The first-order valence-corrected chi connectivity index (χ1v) is 7.74. The fourth-order valence-electron chi connectivity index (χ4n) is 1.93. The van der Waals surface area contributed by atoms with Crippen molar-refractivity contribution in [3.05, 3.63) is 51.7 Å². The number of hydrogen-bond donors (Lipinski definition) is 2. The third-order valence-corrected chi connectivity index (χ3v) is 4.22. The van der Waals surface area contributed by atoms with E-state index in [0.29, 0.717) is 12.1 Å². The van der Waals surface area contributed by atoms with Crippen molar-refractivity contribution in [3.63, 3.8) is 0 Å². The smallest absolute Gasteiger partial charge is 0.251 e. The number of hydrogen-bond acceptors (Lipinski definition) is 3. The summed E-state index contributed by atoms with van der Waals surface area (Å²) in [5.41, 5.74) is 1.66. The summed E-state index contributed by atoms with van der Waals surface area (Å²) in [6.45, 7) is 5.52. The van der Waals surface area contributed by atoms with Crippen LogP contribution in [0.5, 0.6) is 0 Å². The maximum Gasteiger partial charge on any atom is 0.251 e. The molecule has 0 unspecified atom stereocenters. The van der Waals surface area contributed by atoms with E-state index >= 15 is 0 Å². The molecule has 0 atom stereocenters. The highest BCUT2D eigenvalue weighted by Gasteiger charge is 2.05. The van der Waals surface area contributed by atoms with Gasteiger partial charge in [-0.25, -0.2) is 0 Å². The van der Waals surface area contributed by atoms with E-state index in [1.807, 2.05) is 42.5 Å². The predicted molar refractivity (Wildman–Crippen MR) is 85.5 cm³/mol. The van der Waals surface area contributed by atoms with Crippen molar-refractivity contribution in [2.45, 2.75) is 26.8 Å². The molecule has 2 rings (SSSR count). The minimum Gasteiger partial charge on any atom is -0.380 e. The molecule has 2 aromatic rings. The zero-order valence-corrected chi connectivity index (χ0v) is 12.7. The minimum atomic E-state index is -0.0273. The normalized spacial score (nSPS) is 10.3. The topological polar surface area (TPSA) is 41.1 Å². The third-order valence-electron chi connectivity index (χ3n) is 2.99. The lowest BCUT2D eigenvalue weighted by molar-refractivity contribution is 0.0956. The largest absolute Gasteiger partial charge is 0.380 e. The summed E-state index contributed by atoms with van der Waals surface area (Å²) in [6.07, 6.45) is 1.08. The second kappa shape index (κ2) is 7.10. The van der Waals surface area contributed by atoms with Crippen LogP contribution in [-0.4, -0.2) is 12.5 Å². The molecule has 106 valence electrons. The van der Waals surface area contributed by atoms with Gasteiger partial charge in [0.2, 0.25) is 0 Å². The lowest BCUT2D eigenvalue weighted by Gasteiger charge is -2.07. The Hall–Kier alpha value is -1.81. The average molecular weight is 288 g/mol. The molecule has 0 aliphatic rings. The van der Waals surface area contributed by atoms with Crippen LogP contribution in [0.15, 0.2) is 36.4 Å². The van der Waals surface area contributed by atoms with Crippen molar-refractivity contribution in [2.24, 2.45) is 0 Å². The molecule has 1 aromatic heterocycles. The van der Waals surface area contributed by atoms with Gasteiger partial charge in [0.15, 0.2) is 0 Å². The lowest BCUT2D eigenvalue weighted by atomic mass is 10.2. The molecule has 0 spiro atoms. The first kappa shape index (κ1) is 14.6. The fourth-order valence-corrected chi connectivity index (χ4v) is 2.83. The quantitative estimate of drug-likeness (QED) is 0.851. The van der Waals surface area contributed by atoms with Crippen LogP contribution in [0, 0.1) is 0 Å².